The molecule has 4 nitrogen and oxygen atoms in total. The Bertz CT molecular complexity index is 474. The first-order valence-corrected chi connectivity index (χ1v) is 6.07. The maximum atomic E-state index is 13.4. The van der Waals surface area contributed by atoms with Crippen LogP contribution >= 0.6 is 12.4 Å². The van der Waals surface area contributed by atoms with E-state index in [1.54, 1.807) is 7.11 Å². The minimum absolute atomic E-state index is 0. The number of hydrogen-bond donors (Lipinski definition) is 2. The first-order valence-electron chi connectivity index (χ1n) is 6.07. The molecule has 2 N–H and O–H groups in total. The Morgan fingerprint density at radius 3 is 2.90 bits per heavy atom. The Kier molecular flexibility index (Phi) is 6.32. The molecule has 0 bridgehead atoms. The Morgan fingerprint density at radius 1 is 1.45 bits per heavy atom. The van der Waals surface area contributed by atoms with Crippen molar-refractivity contribution in [3.63, 3.8) is 0 Å². The zero-order valence-electron chi connectivity index (χ0n) is 11.0. The van der Waals surface area contributed by atoms with E-state index in [-0.39, 0.29) is 42.4 Å². The fourth-order valence-electron chi connectivity index (χ4n) is 2.16. The Balaban J connectivity index is 0.00000200. The van der Waals surface area contributed by atoms with Crippen molar-refractivity contribution in [1.29, 1.82) is 0 Å². The number of methoxy groups -OCH3 is 1. The fourth-order valence-corrected chi connectivity index (χ4v) is 2.16. The maximum absolute atomic E-state index is 13.4. The Morgan fingerprint density at radius 2 is 2.20 bits per heavy atom. The van der Waals surface area contributed by atoms with Crippen molar-refractivity contribution in [3.8, 4) is 0 Å². The van der Waals surface area contributed by atoms with Crippen molar-refractivity contribution in [2.24, 2.45) is 0 Å². The van der Waals surface area contributed by atoms with Gasteiger partial charge in [-0.3, -0.25) is 4.79 Å². The summed E-state index contributed by atoms with van der Waals surface area (Å²) in [6.07, 6.45) is -0.280. The minimum atomic E-state index is -0.967. The number of nitrogens with one attached hydrogen (secondary N) is 2. The molecule has 2 atom stereocenters. The zero-order chi connectivity index (χ0) is 13.8. The summed E-state index contributed by atoms with van der Waals surface area (Å²) in [4.78, 5) is 11.8. The van der Waals surface area contributed by atoms with E-state index in [0.29, 0.717) is 13.1 Å². The summed E-state index contributed by atoms with van der Waals surface area (Å²) in [5, 5.41) is 5.85. The minimum Gasteiger partial charge on any atom is -0.378 e. The van der Waals surface area contributed by atoms with E-state index in [4.69, 9.17) is 4.74 Å². The first-order chi connectivity index (χ1) is 9.11. The lowest BCUT2D eigenvalue weighted by Gasteiger charge is -2.18. The third-order valence-electron chi connectivity index (χ3n) is 3.19. The SMILES string of the molecule is COC1CNCC1NC(=O)Cc1cccc(F)c1F.Cl. The normalized spacial score (nSPS) is 21.4. The smallest absolute Gasteiger partial charge is 0.224 e. The van der Waals surface area contributed by atoms with Crippen molar-refractivity contribution in [3.05, 3.63) is 35.4 Å². The van der Waals surface area contributed by atoms with Gasteiger partial charge in [-0.25, -0.2) is 8.78 Å². The lowest BCUT2D eigenvalue weighted by Crippen LogP contribution is -2.44. The highest BCUT2D eigenvalue weighted by atomic mass is 35.5. The molecule has 0 saturated carbocycles. The van der Waals surface area contributed by atoms with Gasteiger partial charge in [-0.15, -0.1) is 12.4 Å². The molecule has 0 spiro atoms. The summed E-state index contributed by atoms with van der Waals surface area (Å²) in [5.74, 6) is -2.26. The Hall–Kier alpha value is -1.24. The molecule has 0 radical (unpaired) electrons. The van der Waals surface area contributed by atoms with Crippen molar-refractivity contribution in [2.75, 3.05) is 20.2 Å². The molecule has 2 unspecified atom stereocenters. The van der Waals surface area contributed by atoms with Gasteiger partial charge in [-0.05, 0) is 6.07 Å². The number of hydrogen-bond acceptors (Lipinski definition) is 3. The monoisotopic (exact) mass is 306 g/mol. The summed E-state index contributed by atoms with van der Waals surface area (Å²) >= 11 is 0. The van der Waals surface area contributed by atoms with Crippen LogP contribution in [0.5, 0.6) is 0 Å². The third-order valence-corrected chi connectivity index (χ3v) is 3.19. The molecule has 1 aromatic rings. The Labute approximate surface area is 122 Å². The molecule has 1 heterocycles. The lowest BCUT2D eigenvalue weighted by atomic mass is 10.1. The predicted molar refractivity (Wildman–Crippen MR) is 72.9 cm³/mol. The second kappa shape index (κ2) is 7.52. The van der Waals surface area contributed by atoms with E-state index in [0.717, 1.165) is 6.07 Å². The molecule has 112 valence electrons. The zero-order valence-corrected chi connectivity index (χ0v) is 11.8. The van der Waals surface area contributed by atoms with Crippen LogP contribution in [-0.4, -0.2) is 38.3 Å². The van der Waals surface area contributed by atoms with Crippen LogP contribution in [0.3, 0.4) is 0 Å². The average molecular weight is 307 g/mol. The van der Waals surface area contributed by atoms with Gasteiger partial charge in [0.05, 0.1) is 18.6 Å². The largest absolute Gasteiger partial charge is 0.378 e. The molecule has 1 saturated heterocycles. The lowest BCUT2D eigenvalue weighted by molar-refractivity contribution is -0.121. The van der Waals surface area contributed by atoms with E-state index in [1.165, 1.54) is 12.1 Å². The van der Waals surface area contributed by atoms with Crippen molar-refractivity contribution in [2.45, 2.75) is 18.6 Å². The molecule has 7 heteroatoms. The molecule has 1 aromatic carbocycles. The van der Waals surface area contributed by atoms with Crippen LogP contribution in [0.15, 0.2) is 18.2 Å². The molecule has 0 aromatic heterocycles. The highest BCUT2D eigenvalue weighted by Crippen LogP contribution is 2.12. The van der Waals surface area contributed by atoms with E-state index >= 15 is 0 Å². The summed E-state index contributed by atoms with van der Waals surface area (Å²) in [5.41, 5.74) is 0.0532. The van der Waals surface area contributed by atoms with Gasteiger partial charge < -0.3 is 15.4 Å². The predicted octanol–water partition coefficient (Wildman–Crippen LogP) is 1.03. The van der Waals surface area contributed by atoms with Gasteiger partial charge >= 0.3 is 0 Å². The average Bonchev–Trinajstić information content (AvgIpc) is 2.82. The highest BCUT2D eigenvalue weighted by Gasteiger charge is 2.28. The van der Waals surface area contributed by atoms with Crippen LogP contribution in [0.25, 0.3) is 0 Å². The van der Waals surface area contributed by atoms with Crippen LogP contribution in [-0.2, 0) is 16.0 Å². The van der Waals surface area contributed by atoms with Crippen molar-refractivity contribution in [1.82, 2.24) is 10.6 Å². The number of ether oxygens (including phenoxy) is 1. The number of carbonyl (C=O) groups excluding carboxylic acids is 1. The van der Waals surface area contributed by atoms with Gasteiger partial charge in [0.15, 0.2) is 11.6 Å². The van der Waals surface area contributed by atoms with E-state index < -0.39 is 11.6 Å². The van der Waals surface area contributed by atoms with Gasteiger partial charge in [0.1, 0.15) is 0 Å². The van der Waals surface area contributed by atoms with Crippen LogP contribution < -0.4 is 10.6 Å². The number of rotatable bonds is 4. The molecule has 20 heavy (non-hydrogen) atoms. The molecule has 0 aliphatic carbocycles. The third kappa shape index (κ3) is 3.88. The quantitative estimate of drug-likeness (QED) is 0.874. The topological polar surface area (TPSA) is 50.4 Å². The van der Waals surface area contributed by atoms with Crippen molar-refractivity contribution >= 4 is 18.3 Å². The molecule has 1 aliphatic rings. The van der Waals surface area contributed by atoms with E-state index in [2.05, 4.69) is 10.6 Å². The molecule has 1 amide bonds. The summed E-state index contributed by atoms with van der Waals surface area (Å²) in [6, 6.07) is 3.67. The number of carbonyl (C=O) groups is 1. The molecular weight excluding hydrogens is 290 g/mol. The maximum Gasteiger partial charge on any atom is 0.224 e. The van der Waals surface area contributed by atoms with Crippen LogP contribution in [0.4, 0.5) is 8.78 Å². The fraction of sp³-hybridized carbons (Fsp3) is 0.462. The van der Waals surface area contributed by atoms with Gasteiger partial charge in [0.25, 0.3) is 0 Å². The highest BCUT2D eigenvalue weighted by molar-refractivity contribution is 5.85. The van der Waals surface area contributed by atoms with E-state index in [9.17, 15) is 13.6 Å². The summed E-state index contributed by atoms with van der Waals surface area (Å²) in [6.45, 7) is 1.27. The molecular formula is C13H17ClF2N2O2. The number of halogens is 3. The second-order valence-electron chi connectivity index (χ2n) is 4.50. The second-order valence-corrected chi connectivity index (χ2v) is 4.50. The van der Waals surface area contributed by atoms with E-state index in [1.807, 2.05) is 0 Å². The van der Waals surface area contributed by atoms with Gasteiger partial charge in [0.2, 0.25) is 5.91 Å². The van der Waals surface area contributed by atoms with Gasteiger partial charge in [0, 0.05) is 25.8 Å². The first kappa shape index (κ1) is 16.8. The van der Waals surface area contributed by atoms with Gasteiger partial charge in [-0.2, -0.15) is 0 Å². The summed E-state index contributed by atoms with van der Waals surface area (Å²) < 4.78 is 31.6. The summed E-state index contributed by atoms with van der Waals surface area (Å²) in [7, 11) is 1.57. The standard InChI is InChI=1S/C13H16F2N2O2.ClH/c1-19-11-7-16-6-10(11)17-12(18)5-8-3-2-4-9(14)13(8)15;/h2-4,10-11,16H,5-7H2,1H3,(H,17,18);1H. The number of amides is 1. The number of benzene rings is 1. The molecule has 2 rings (SSSR count). The molecule has 1 fully saturated rings. The van der Waals surface area contributed by atoms with Crippen LogP contribution in [0.1, 0.15) is 5.56 Å². The van der Waals surface area contributed by atoms with Gasteiger partial charge in [-0.1, -0.05) is 12.1 Å². The van der Waals surface area contributed by atoms with Crippen LogP contribution in [0, 0.1) is 11.6 Å². The van der Waals surface area contributed by atoms with Crippen LogP contribution in [0.2, 0.25) is 0 Å². The molecule has 1 aliphatic heterocycles. The van der Waals surface area contributed by atoms with Crippen molar-refractivity contribution < 1.29 is 18.3 Å².